The van der Waals surface area contributed by atoms with Gasteiger partial charge in [-0.2, -0.15) is 0 Å². The van der Waals surface area contributed by atoms with Gasteiger partial charge in [-0.3, -0.25) is 0 Å². The van der Waals surface area contributed by atoms with Gasteiger partial charge in [0.25, 0.3) is 0 Å². The van der Waals surface area contributed by atoms with Gasteiger partial charge in [0.1, 0.15) is 0 Å². The molecule has 0 saturated heterocycles. The van der Waals surface area contributed by atoms with Crippen LogP contribution in [0.3, 0.4) is 0 Å². The van der Waals surface area contributed by atoms with Crippen LogP contribution < -0.4 is 0 Å². The van der Waals surface area contributed by atoms with Crippen LogP contribution in [-0.2, 0) is 5.33 Å². The van der Waals surface area contributed by atoms with Crippen LogP contribution in [0.25, 0.3) is 11.4 Å². The van der Waals surface area contributed by atoms with E-state index in [0.717, 1.165) is 16.7 Å². The monoisotopic (exact) mass is 248 g/mol. The smallest absolute Gasteiger partial charge is 0.159 e. The maximum Gasteiger partial charge on any atom is 0.159 e. The lowest BCUT2D eigenvalue weighted by Gasteiger charge is -2.04. The molecule has 14 heavy (non-hydrogen) atoms. The second kappa shape index (κ2) is 4.33. The molecular weight excluding hydrogens is 240 g/mol. The summed E-state index contributed by atoms with van der Waals surface area (Å²) in [4.78, 5) is 8.45. The predicted octanol–water partition coefficient (Wildman–Crippen LogP) is 3.04. The fraction of sp³-hybridized carbons (Fsp3) is 0.0909. The van der Waals surface area contributed by atoms with E-state index in [1.807, 2.05) is 24.3 Å². The van der Waals surface area contributed by atoms with E-state index in [0.29, 0.717) is 0 Å². The molecule has 2 aromatic rings. The first-order chi connectivity index (χ1) is 6.92. The van der Waals surface area contributed by atoms with Gasteiger partial charge in [0.05, 0.1) is 0 Å². The van der Waals surface area contributed by atoms with Gasteiger partial charge < -0.3 is 0 Å². The maximum atomic E-state index is 4.23. The van der Waals surface area contributed by atoms with Crippen molar-refractivity contribution in [2.24, 2.45) is 0 Å². The third kappa shape index (κ3) is 1.82. The van der Waals surface area contributed by atoms with Gasteiger partial charge in [-0.25, -0.2) is 9.97 Å². The van der Waals surface area contributed by atoms with Gasteiger partial charge in [-0.05, 0) is 11.6 Å². The zero-order valence-corrected chi connectivity index (χ0v) is 9.11. The summed E-state index contributed by atoms with van der Waals surface area (Å²) >= 11 is 3.45. The van der Waals surface area contributed by atoms with Crippen molar-refractivity contribution in [1.29, 1.82) is 0 Å². The van der Waals surface area contributed by atoms with Gasteiger partial charge in [0.15, 0.2) is 5.82 Å². The zero-order valence-electron chi connectivity index (χ0n) is 7.52. The van der Waals surface area contributed by atoms with E-state index in [1.165, 1.54) is 5.56 Å². The van der Waals surface area contributed by atoms with Gasteiger partial charge in [-0.1, -0.05) is 40.2 Å². The summed E-state index contributed by atoms with van der Waals surface area (Å²) in [5.41, 5.74) is 2.30. The Morgan fingerprint density at radius 2 is 1.71 bits per heavy atom. The lowest BCUT2D eigenvalue weighted by Crippen LogP contribution is -1.90. The summed E-state index contributed by atoms with van der Waals surface area (Å²) in [5, 5.41) is 0.821. The Morgan fingerprint density at radius 1 is 1.00 bits per heavy atom. The predicted molar refractivity (Wildman–Crippen MR) is 60.1 cm³/mol. The van der Waals surface area contributed by atoms with E-state index in [2.05, 4.69) is 32.0 Å². The third-order valence-electron chi connectivity index (χ3n) is 1.97. The fourth-order valence-corrected chi connectivity index (χ4v) is 1.78. The molecule has 2 rings (SSSR count). The Hall–Kier alpha value is -1.22. The molecule has 0 unspecified atom stereocenters. The van der Waals surface area contributed by atoms with Gasteiger partial charge >= 0.3 is 0 Å². The van der Waals surface area contributed by atoms with E-state index < -0.39 is 0 Å². The average Bonchev–Trinajstić information content (AvgIpc) is 2.30. The molecule has 0 radical (unpaired) electrons. The van der Waals surface area contributed by atoms with Crippen LogP contribution in [0.4, 0.5) is 0 Å². The van der Waals surface area contributed by atoms with E-state index >= 15 is 0 Å². The highest BCUT2D eigenvalue weighted by molar-refractivity contribution is 9.08. The van der Waals surface area contributed by atoms with E-state index in [-0.39, 0.29) is 0 Å². The number of hydrogen-bond donors (Lipinski definition) is 0. The SMILES string of the molecule is BrCc1ccccc1-c1ncccn1. The number of rotatable bonds is 2. The van der Waals surface area contributed by atoms with Crippen molar-refractivity contribution in [1.82, 2.24) is 9.97 Å². The molecular formula is C11H9BrN2. The van der Waals surface area contributed by atoms with Crippen molar-refractivity contribution in [2.45, 2.75) is 5.33 Å². The first-order valence-corrected chi connectivity index (χ1v) is 5.45. The highest BCUT2D eigenvalue weighted by Crippen LogP contribution is 2.21. The third-order valence-corrected chi connectivity index (χ3v) is 2.57. The minimum Gasteiger partial charge on any atom is -0.237 e. The molecule has 0 fully saturated rings. The van der Waals surface area contributed by atoms with Crippen molar-refractivity contribution in [3.05, 3.63) is 48.3 Å². The summed E-state index contributed by atoms with van der Waals surface area (Å²) in [6.45, 7) is 0. The number of hydrogen-bond acceptors (Lipinski definition) is 2. The Balaban J connectivity index is 2.51. The highest BCUT2D eigenvalue weighted by atomic mass is 79.9. The first-order valence-electron chi connectivity index (χ1n) is 4.33. The van der Waals surface area contributed by atoms with E-state index in [9.17, 15) is 0 Å². The summed E-state index contributed by atoms with van der Waals surface area (Å²) in [6, 6.07) is 9.94. The number of aromatic nitrogens is 2. The molecule has 0 amide bonds. The summed E-state index contributed by atoms with van der Waals surface area (Å²) < 4.78 is 0. The topological polar surface area (TPSA) is 25.8 Å². The molecule has 0 aliphatic carbocycles. The lowest BCUT2D eigenvalue weighted by atomic mass is 10.1. The van der Waals surface area contributed by atoms with E-state index in [1.54, 1.807) is 12.4 Å². The molecule has 0 aliphatic rings. The molecule has 1 aromatic carbocycles. The first kappa shape index (κ1) is 9.34. The summed E-state index contributed by atoms with van der Waals surface area (Å²) in [6.07, 6.45) is 3.51. The highest BCUT2D eigenvalue weighted by Gasteiger charge is 2.04. The zero-order chi connectivity index (χ0) is 9.80. The molecule has 1 heterocycles. The van der Waals surface area contributed by atoms with Crippen LogP contribution >= 0.6 is 15.9 Å². The van der Waals surface area contributed by atoms with Crippen molar-refractivity contribution in [2.75, 3.05) is 0 Å². The molecule has 0 saturated carbocycles. The lowest BCUT2D eigenvalue weighted by molar-refractivity contribution is 1.17. The Labute approximate surface area is 91.2 Å². The number of nitrogens with zero attached hydrogens (tertiary/aromatic N) is 2. The summed E-state index contributed by atoms with van der Waals surface area (Å²) in [7, 11) is 0. The number of alkyl halides is 1. The van der Waals surface area contributed by atoms with Crippen molar-refractivity contribution < 1.29 is 0 Å². The van der Waals surface area contributed by atoms with Crippen LogP contribution in [0, 0.1) is 0 Å². The van der Waals surface area contributed by atoms with E-state index in [4.69, 9.17) is 0 Å². The molecule has 3 heteroatoms. The van der Waals surface area contributed by atoms with Crippen LogP contribution in [0.5, 0.6) is 0 Å². The molecule has 0 spiro atoms. The molecule has 1 aromatic heterocycles. The Kier molecular flexibility index (Phi) is 2.89. The van der Waals surface area contributed by atoms with Gasteiger partial charge in [0.2, 0.25) is 0 Å². The minimum absolute atomic E-state index is 0.780. The Bertz CT molecular complexity index is 415. The largest absolute Gasteiger partial charge is 0.237 e. The van der Waals surface area contributed by atoms with Crippen LogP contribution in [0.2, 0.25) is 0 Å². The van der Waals surface area contributed by atoms with Gasteiger partial charge in [0, 0.05) is 23.3 Å². The molecule has 0 atom stereocenters. The Morgan fingerprint density at radius 3 is 2.43 bits per heavy atom. The number of halogens is 1. The average molecular weight is 249 g/mol. The second-order valence-electron chi connectivity index (χ2n) is 2.86. The summed E-state index contributed by atoms with van der Waals surface area (Å²) in [5.74, 6) is 0.780. The van der Waals surface area contributed by atoms with Crippen LogP contribution in [0.1, 0.15) is 5.56 Å². The molecule has 0 bridgehead atoms. The number of benzene rings is 1. The molecule has 0 aliphatic heterocycles. The molecule has 0 N–H and O–H groups in total. The standard InChI is InChI=1S/C11H9BrN2/c12-8-9-4-1-2-5-10(9)11-13-6-3-7-14-11/h1-7H,8H2. The molecule has 70 valence electrons. The van der Waals surface area contributed by atoms with Gasteiger partial charge in [-0.15, -0.1) is 0 Å². The molecule has 2 nitrogen and oxygen atoms in total. The minimum atomic E-state index is 0.780. The van der Waals surface area contributed by atoms with Crippen molar-refractivity contribution in [3.63, 3.8) is 0 Å². The normalized spacial score (nSPS) is 10.1. The maximum absolute atomic E-state index is 4.23. The quantitative estimate of drug-likeness (QED) is 0.764. The van der Waals surface area contributed by atoms with Crippen LogP contribution in [0.15, 0.2) is 42.7 Å². The van der Waals surface area contributed by atoms with Crippen molar-refractivity contribution in [3.8, 4) is 11.4 Å². The van der Waals surface area contributed by atoms with Crippen LogP contribution in [-0.4, -0.2) is 9.97 Å². The van der Waals surface area contributed by atoms with Crippen molar-refractivity contribution >= 4 is 15.9 Å². The fourth-order valence-electron chi connectivity index (χ4n) is 1.29. The second-order valence-corrected chi connectivity index (χ2v) is 3.42.